The molecule has 0 bridgehead atoms. The Kier molecular flexibility index (Phi) is 4.65. The normalized spacial score (nSPS) is 10.8. The van der Waals surface area contributed by atoms with Crippen LogP contribution in [0.5, 0.6) is 0 Å². The van der Waals surface area contributed by atoms with Crippen LogP contribution in [0.4, 0.5) is 0 Å². The van der Waals surface area contributed by atoms with Gasteiger partial charge in [-0.15, -0.1) is 0 Å². The lowest BCUT2D eigenvalue weighted by Gasteiger charge is -2.32. The summed E-state index contributed by atoms with van der Waals surface area (Å²) in [5.41, 5.74) is 0. The van der Waals surface area contributed by atoms with Gasteiger partial charge < -0.3 is 8.85 Å². The van der Waals surface area contributed by atoms with Crippen LogP contribution in [0.25, 0.3) is 0 Å². The van der Waals surface area contributed by atoms with Crippen molar-refractivity contribution in [2.45, 2.75) is 13.8 Å². The van der Waals surface area contributed by atoms with Gasteiger partial charge in [0.2, 0.25) is 0 Å². The van der Waals surface area contributed by atoms with Crippen molar-refractivity contribution in [3.8, 4) is 0 Å². The van der Waals surface area contributed by atoms with Gasteiger partial charge in [-0.05, 0) is 13.8 Å². The Bertz CT molecular complexity index is 563. The quantitative estimate of drug-likeness (QED) is 0.601. The van der Waals surface area contributed by atoms with E-state index in [9.17, 15) is 0 Å². The molecule has 0 heterocycles. The molecule has 2 nitrogen and oxygen atoms in total. The molecule has 0 unspecified atom stereocenters. The second-order valence-electron chi connectivity index (χ2n) is 4.96. The molecule has 2 aromatic rings. The molecule has 2 aromatic carbocycles. The van der Waals surface area contributed by atoms with Crippen molar-refractivity contribution in [1.82, 2.24) is 0 Å². The topological polar surface area (TPSA) is 18.5 Å². The predicted molar refractivity (Wildman–Crippen MR) is 89.7 cm³/mol. The van der Waals surface area contributed by atoms with Crippen molar-refractivity contribution in [1.29, 1.82) is 0 Å². The van der Waals surface area contributed by atoms with E-state index in [1.807, 2.05) is 74.5 Å². The smallest absolute Gasteiger partial charge is 0.510 e. The molecule has 0 spiro atoms. The minimum atomic E-state index is -2.87. The number of allylic oxidation sites excluding steroid dienone is 2. The van der Waals surface area contributed by atoms with E-state index in [0.717, 1.165) is 10.4 Å². The first-order valence-electron chi connectivity index (χ1n) is 6.84. The van der Waals surface area contributed by atoms with Gasteiger partial charge in [-0.3, -0.25) is 0 Å². The molecule has 0 saturated heterocycles. The molecule has 0 aliphatic carbocycles. The molecular weight excluding hydrogens is 276 g/mol. The first-order valence-corrected chi connectivity index (χ1v) is 8.66. The lowest BCUT2D eigenvalue weighted by atomic mass is 10.4. The van der Waals surface area contributed by atoms with E-state index in [1.54, 1.807) is 0 Å². The highest BCUT2D eigenvalue weighted by Crippen LogP contribution is 2.16. The third kappa shape index (κ3) is 3.44. The summed E-state index contributed by atoms with van der Waals surface area (Å²) in [5, 5.41) is 2.06. The minimum Gasteiger partial charge on any atom is -0.510 e. The molecular formula is C18H20O2Si. The molecule has 0 amide bonds. The molecule has 0 saturated carbocycles. The van der Waals surface area contributed by atoms with E-state index in [-0.39, 0.29) is 0 Å². The predicted octanol–water partition coefficient (Wildman–Crippen LogP) is 3.34. The van der Waals surface area contributed by atoms with E-state index in [2.05, 4.69) is 13.2 Å². The zero-order valence-corrected chi connectivity index (χ0v) is 13.5. The summed E-state index contributed by atoms with van der Waals surface area (Å²) >= 11 is 0. The first kappa shape index (κ1) is 15.1. The maximum absolute atomic E-state index is 6.18. The summed E-state index contributed by atoms with van der Waals surface area (Å²) < 4.78 is 12.4. The molecule has 21 heavy (non-hydrogen) atoms. The molecule has 0 radical (unpaired) electrons. The molecule has 0 fully saturated rings. The van der Waals surface area contributed by atoms with Gasteiger partial charge in [0.15, 0.2) is 0 Å². The Labute approximate surface area is 127 Å². The zero-order chi connectivity index (χ0) is 15.3. The monoisotopic (exact) mass is 296 g/mol. The highest BCUT2D eigenvalue weighted by molar-refractivity contribution is 6.92. The second-order valence-corrected chi connectivity index (χ2v) is 7.75. The van der Waals surface area contributed by atoms with Gasteiger partial charge in [-0.1, -0.05) is 73.8 Å². The Morgan fingerprint density at radius 2 is 1.05 bits per heavy atom. The number of hydrogen-bond acceptors (Lipinski definition) is 2. The third-order valence-corrected chi connectivity index (χ3v) is 6.40. The highest BCUT2D eigenvalue weighted by Gasteiger charge is 2.47. The van der Waals surface area contributed by atoms with Crippen molar-refractivity contribution >= 4 is 18.9 Å². The standard InChI is InChI=1S/C18H20O2Si/c1-15(2)19-21(20-16(3)4,17-11-7-5-8-12-17)18-13-9-6-10-14-18/h5-14H,1,3H2,2,4H3. The first-order chi connectivity index (χ1) is 10.0. The van der Waals surface area contributed by atoms with Crippen molar-refractivity contribution in [2.75, 3.05) is 0 Å². The molecule has 0 aromatic heterocycles. The fourth-order valence-electron chi connectivity index (χ4n) is 2.23. The molecule has 3 heteroatoms. The Balaban J connectivity index is 2.64. The maximum Gasteiger partial charge on any atom is 0.530 e. The summed E-state index contributed by atoms with van der Waals surface area (Å²) in [6, 6.07) is 20.1. The van der Waals surface area contributed by atoms with Crippen LogP contribution in [-0.2, 0) is 8.85 Å². The van der Waals surface area contributed by atoms with Gasteiger partial charge in [0.05, 0.1) is 11.5 Å². The molecule has 0 atom stereocenters. The Hall–Kier alpha value is -2.26. The molecule has 108 valence electrons. The summed E-state index contributed by atoms with van der Waals surface area (Å²) in [5.74, 6) is 1.27. The van der Waals surface area contributed by atoms with Crippen molar-refractivity contribution in [2.24, 2.45) is 0 Å². The minimum absolute atomic E-state index is 0.635. The van der Waals surface area contributed by atoms with Gasteiger partial charge in [0.1, 0.15) is 0 Å². The highest BCUT2D eigenvalue weighted by atomic mass is 28.4. The summed E-state index contributed by atoms with van der Waals surface area (Å²) in [4.78, 5) is 0. The molecule has 0 N–H and O–H groups in total. The number of hydrogen-bond donors (Lipinski definition) is 0. The molecule has 2 rings (SSSR count). The summed E-state index contributed by atoms with van der Waals surface area (Å²) in [6.45, 7) is 11.5. The van der Waals surface area contributed by atoms with Crippen LogP contribution in [0.15, 0.2) is 85.3 Å². The van der Waals surface area contributed by atoms with Gasteiger partial charge in [0.25, 0.3) is 0 Å². The lowest BCUT2D eigenvalue weighted by Crippen LogP contribution is -2.62. The average Bonchev–Trinajstić information content (AvgIpc) is 2.47. The third-order valence-electron chi connectivity index (χ3n) is 2.94. The van der Waals surface area contributed by atoms with E-state index in [1.165, 1.54) is 0 Å². The SMILES string of the molecule is C=C(C)O[Si](OC(=C)C)(c1ccccc1)c1ccccc1. The van der Waals surface area contributed by atoms with Gasteiger partial charge >= 0.3 is 8.56 Å². The van der Waals surface area contributed by atoms with Crippen molar-refractivity contribution in [3.63, 3.8) is 0 Å². The van der Waals surface area contributed by atoms with E-state index < -0.39 is 8.56 Å². The van der Waals surface area contributed by atoms with Gasteiger partial charge in [-0.25, -0.2) is 0 Å². The van der Waals surface area contributed by atoms with Crippen LogP contribution < -0.4 is 10.4 Å². The molecule has 0 aliphatic rings. The van der Waals surface area contributed by atoms with Crippen LogP contribution >= 0.6 is 0 Å². The largest absolute Gasteiger partial charge is 0.530 e. The number of benzene rings is 2. The van der Waals surface area contributed by atoms with Crippen LogP contribution in [0.3, 0.4) is 0 Å². The van der Waals surface area contributed by atoms with E-state index in [4.69, 9.17) is 8.85 Å². The Morgan fingerprint density at radius 3 is 1.33 bits per heavy atom. The van der Waals surface area contributed by atoms with Gasteiger partial charge in [0, 0.05) is 10.4 Å². The summed E-state index contributed by atoms with van der Waals surface area (Å²) in [7, 11) is -2.87. The molecule has 0 aliphatic heterocycles. The van der Waals surface area contributed by atoms with Crippen LogP contribution in [0.2, 0.25) is 0 Å². The zero-order valence-electron chi connectivity index (χ0n) is 12.5. The van der Waals surface area contributed by atoms with E-state index >= 15 is 0 Å². The fourth-order valence-corrected chi connectivity index (χ4v) is 5.32. The Morgan fingerprint density at radius 1 is 0.714 bits per heavy atom. The van der Waals surface area contributed by atoms with Gasteiger partial charge in [-0.2, -0.15) is 0 Å². The van der Waals surface area contributed by atoms with Crippen LogP contribution in [0.1, 0.15) is 13.8 Å². The van der Waals surface area contributed by atoms with Crippen LogP contribution in [0, 0.1) is 0 Å². The van der Waals surface area contributed by atoms with Crippen molar-refractivity contribution in [3.05, 3.63) is 85.3 Å². The maximum atomic E-state index is 6.18. The average molecular weight is 296 g/mol. The lowest BCUT2D eigenvalue weighted by molar-refractivity contribution is 0.292. The van der Waals surface area contributed by atoms with E-state index in [0.29, 0.717) is 11.5 Å². The second kappa shape index (κ2) is 6.46. The number of rotatable bonds is 6. The van der Waals surface area contributed by atoms with Crippen molar-refractivity contribution < 1.29 is 8.85 Å². The summed E-state index contributed by atoms with van der Waals surface area (Å²) in [6.07, 6.45) is 0. The van der Waals surface area contributed by atoms with Crippen LogP contribution in [-0.4, -0.2) is 8.56 Å². The fraction of sp³-hybridized carbons (Fsp3) is 0.111.